The lowest BCUT2D eigenvalue weighted by atomic mass is 9.93. The molecular weight excluding hydrogens is 292 g/mol. The molecule has 0 aliphatic rings. The van der Waals surface area contributed by atoms with Gasteiger partial charge in [0.2, 0.25) is 0 Å². The summed E-state index contributed by atoms with van der Waals surface area (Å²) in [6.45, 7) is 2.15. The summed E-state index contributed by atoms with van der Waals surface area (Å²) in [5.74, 6) is 1.19. The summed E-state index contributed by atoms with van der Waals surface area (Å²) in [7, 11) is 1.65. The van der Waals surface area contributed by atoms with Gasteiger partial charge in [0.1, 0.15) is 17.2 Å². The first-order valence-electron chi connectivity index (χ1n) is 7.82. The summed E-state index contributed by atoms with van der Waals surface area (Å²) in [5, 5.41) is 29.2. The first-order chi connectivity index (χ1) is 11.0. The van der Waals surface area contributed by atoms with Gasteiger partial charge in [-0.05, 0) is 60.6 Å². The molecule has 2 atom stereocenters. The van der Waals surface area contributed by atoms with Crippen molar-refractivity contribution < 1.29 is 20.1 Å². The first-order valence-corrected chi connectivity index (χ1v) is 7.82. The molecule has 124 valence electrons. The number of aromatic hydroxyl groups is 2. The molecule has 0 aliphatic heterocycles. The monoisotopic (exact) mass is 316 g/mol. The second-order valence-corrected chi connectivity index (χ2v) is 6.03. The topological polar surface area (TPSA) is 69.9 Å². The van der Waals surface area contributed by atoms with Crippen LogP contribution in [0.5, 0.6) is 17.2 Å². The number of aliphatic hydroxyl groups is 1. The lowest BCUT2D eigenvalue weighted by molar-refractivity contribution is 0.157. The Labute approximate surface area is 137 Å². The smallest absolute Gasteiger partial charge is 0.119 e. The van der Waals surface area contributed by atoms with Crippen LogP contribution in [0, 0.1) is 5.92 Å². The molecule has 0 heterocycles. The molecule has 2 rings (SSSR count). The van der Waals surface area contributed by atoms with Crippen molar-refractivity contribution >= 4 is 0 Å². The van der Waals surface area contributed by atoms with E-state index in [-0.39, 0.29) is 11.5 Å². The van der Waals surface area contributed by atoms with Crippen LogP contribution in [0.1, 0.15) is 37.0 Å². The predicted molar refractivity (Wildman–Crippen MR) is 89.8 cm³/mol. The van der Waals surface area contributed by atoms with Gasteiger partial charge in [0.25, 0.3) is 0 Å². The number of phenolic OH excluding ortho intramolecular Hbond substituents is 2. The zero-order chi connectivity index (χ0) is 16.8. The summed E-state index contributed by atoms with van der Waals surface area (Å²) in [6.07, 6.45) is 1.68. The van der Waals surface area contributed by atoms with E-state index >= 15 is 0 Å². The minimum Gasteiger partial charge on any atom is -0.508 e. The van der Waals surface area contributed by atoms with Crippen LogP contribution in [0.4, 0.5) is 0 Å². The average molecular weight is 316 g/mol. The van der Waals surface area contributed by atoms with Gasteiger partial charge >= 0.3 is 0 Å². The predicted octanol–water partition coefficient (Wildman–Crippen LogP) is 3.80. The molecule has 2 aromatic rings. The highest BCUT2D eigenvalue weighted by molar-refractivity contribution is 5.37. The highest BCUT2D eigenvalue weighted by Crippen LogP contribution is 2.28. The van der Waals surface area contributed by atoms with Crippen LogP contribution in [0.25, 0.3) is 0 Å². The second-order valence-electron chi connectivity index (χ2n) is 6.03. The van der Waals surface area contributed by atoms with E-state index in [1.165, 1.54) is 23.8 Å². The van der Waals surface area contributed by atoms with Gasteiger partial charge in [-0.15, -0.1) is 0 Å². The molecule has 0 aromatic heterocycles. The zero-order valence-electron chi connectivity index (χ0n) is 13.6. The Kier molecular flexibility index (Phi) is 5.88. The molecule has 4 nitrogen and oxygen atoms in total. The molecule has 0 saturated heterocycles. The van der Waals surface area contributed by atoms with E-state index in [4.69, 9.17) is 4.74 Å². The molecule has 4 heteroatoms. The quantitative estimate of drug-likeness (QED) is 0.726. The highest BCUT2D eigenvalue weighted by atomic mass is 16.5. The van der Waals surface area contributed by atoms with E-state index in [0.29, 0.717) is 17.9 Å². The van der Waals surface area contributed by atoms with Crippen molar-refractivity contribution in [3.63, 3.8) is 0 Å². The molecule has 3 N–H and O–H groups in total. The van der Waals surface area contributed by atoms with Crippen LogP contribution in [0.15, 0.2) is 42.5 Å². The van der Waals surface area contributed by atoms with Crippen molar-refractivity contribution in [3.05, 3.63) is 53.6 Å². The number of phenols is 2. The number of benzene rings is 2. The van der Waals surface area contributed by atoms with Gasteiger partial charge in [-0.2, -0.15) is 0 Å². The molecule has 0 spiro atoms. The van der Waals surface area contributed by atoms with E-state index in [9.17, 15) is 15.3 Å². The Balaban J connectivity index is 1.86. The molecule has 23 heavy (non-hydrogen) atoms. The summed E-state index contributed by atoms with van der Waals surface area (Å²) >= 11 is 0. The van der Waals surface area contributed by atoms with E-state index in [1.807, 2.05) is 12.1 Å². The highest BCUT2D eigenvalue weighted by Gasteiger charge is 2.12. The maximum absolute atomic E-state index is 10.2. The molecule has 0 fully saturated rings. The minimum absolute atomic E-state index is 0.0367. The number of ether oxygens (including phenoxy) is 1. The van der Waals surface area contributed by atoms with Crippen molar-refractivity contribution in [2.45, 2.75) is 32.3 Å². The normalized spacial score (nSPS) is 13.5. The molecule has 0 radical (unpaired) electrons. The van der Waals surface area contributed by atoms with Gasteiger partial charge in [0, 0.05) is 6.07 Å². The summed E-state index contributed by atoms with van der Waals surface area (Å²) in [4.78, 5) is 0. The third-order valence-electron chi connectivity index (χ3n) is 3.99. The van der Waals surface area contributed by atoms with Gasteiger partial charge in [-0.1, -0.05) is 19.1 Å². The maximum Gasteiger partial charge on any atom is 0.119 e. The fourth-order valence-electron chi connectivity index (χ4n) is 2.69. The largest absolute Gasteiger partial charge is 0.508 e. The van der Waals surface area contributed by atoms with Crippen LogP contribution in [0.3, 0.4) is 0 Å². The van der Waals surface area contributed by atoms with E-state index < -0.39 is 6.10 Å². The minimum atomic E-state index is -0.689. The van der Waals surface area contributed by atoms with Crippen molar-refractivity contribution in [1.82, 2.24) is 0 Å². The van der Waals surface area contributed by atoms with E-state index in [2.05, 4.69) is 19.1 Å². The molecule has 0 amide bonds. The van der Waals surface area contributed by atoms with Gasteiger partial charge in [-0.25, -0.2) is 0 Å². The Hall–Kier alpha value is -2.20. The van der Waals surface area contributed by atoms with Crippen molar-refractivity contribution in [1.29, 1.82) is 0 Å². The number of rotatable bonds is 7. The van der Waals surface area contributed by atoms with E-state index in [1.54, 1.807) is 7.11 Å². The van der Waals surface area contributed by atoms with Gasteiger partial charge in [0.05, 0.1) is 13.2 Å². The van der Waals surface area contributed by atoms with Gasteiger partial charge in [0.15, 0.2) is 0 Å². The SMILES string of the molecule is COc1ccc(C[C@H](C)CC[C@@H](O)c2cc(O)cc(O)c2)cc1. The van der Waals surface area contributed by atoms with Crippen LogP contribution >= 0.6 is 0 Å². The molecule has 0 bridgehead atoms. The standard InChI is InChI=1S/C19H24O4/c1-13(9-14-4-6-18(23-2)7-5-14)3-8-19(22)15-10-16(20)12-17(21)11-15/h4-7,10-13,19-22H,3,8-9H2,1-2H3/t13-,19-/m1/s1. The van der Waals surface area contributed by atoms with Crippen molar-refractivity contribution in [2.24, 2.45) is 5.92 Å². The molecule has 2 aromatic carbocycles. The van der Waals surface area contributed by atoms with Gasteiger partial charge in [-0.3, -0.25) is 0 Å². The fraction of sp³-hybridized carbons (Fsp3) is 0.368. The summed E-state index contributed by atoms with van der Waals surface area (Å²) < 4.78 is 5.15. The maximum atomic E-state index is 10.2. The zero-order valence-corrected chi connectivity index (χ0v) is 13.6. The molecule has 0 unspecified atom stereocenters. The van der Waals surface area contributed by atoms with Crippen LogP contribution in [0.2, 0.25) is 0 Å². The third kappa shape index (κ3) is 5.18. The Bertz CT molecular complexity index is 602. The number of aliphatic hydroxyl groups excluding tert-OH is 1. The lowest BCUT2D eigenvalue weighted by Gasteiger charge is -2.16. The second kappa shape index (κ2) is 7.88. The number of hydrogen-bond donors (Lipinski definition) is 3. The van der Waals surface area contributed by atoms with Crippen molar-refractivity contribution in [2.75, 3.05) is 7.11 Å². The molecule has 0 saturated carbocycles. The first kappa shape index (κ1) is 17.2. The summed E-state index contributed by atoms with van der Waals surface area (Å²) in [5.41, 5.74) is 1.78. The Morgan fingerprint density at radius 2 is 1.57 bits per heavy atom. The van der Waals surface area contributed by atoms with Crippen LogP contribution in [-0.2, 0) is 6.42 Å². The Morgan fingerprint density at radius 3 is 2.13 bits per heavy atom. The number of hydrogen-bond acceptors (Lipinski definition) is 4. The van der Waals surface area contributed by atoms with Crippen molar-refractivity contribution in [3.8, 4) is 17.2 Å². The van der Waals surface area contributed by atoms with E-state index in [0.717, 1.165) is 18.6 Å². The van der Waals surface area contributed by atoms with Gasteiger partial charge < -0.3 is 20.1 Å². The lowest BCUT2D eigenvalue weighted by Crippen LogP contribution is -2.04. The fourth-order valence-corrected chi connectivity index (χ4v) is 2.69. The molecular formula is C19H24O4. The third-order valence-corrected chi connectivity index (χ3v) is 3.99. The Morgan fingerprint density at radius 1 is 0.957 bits per heavy atom. The summed E-state index contributed by atoms with van der Waals surface area (Å²) in [6, 6.07) is 12.2. The van der Waals surface area contributed by atoms with Crippen LogP contribution < -0.4 is 4.74 Å². The average Bonchev–Trinajstić information content (AvgIpc) is 2.52. The molecule has 0 aliphatic carbocycles. The number of methoxy groups -OCH3 is 1. The van der Waals surface area contributed by atoms with Crippen LogP contribution in [-0.4, -0.2) is 22.4 Å².